The fraction of sp³-hybridized carbons (Fsp3) is 0.474. The van der Waals surface area contributed by atoms with Gasteiger partial charge in [0.05, 0.1) is 21.8 Å². The van der Waals surface area contributed by atoms with Crippen LogP contribution in [0.3, 0.4) is 0 Å². The van der Waals surface area contributed by atoms with Crippen LogP contribution in [0.15, 0.2) is 47.9 Å². The summed E-state index contributed by atoms with van der Waals surface area (Å²) in [7, 11) is 0.197. The van der Waals surface area contributed by atoms with E-state index in [1.807, 2.05) is 24.3 Å². The minimum Gasteiger partial charge on any atom is -0.497 e. The van der Waals surface area contributed by atoms with Gasteiger partial charge >= 0.3 is 0 Å². The van der Waals surface area contributed by atoms with Crippen LogP contribution in [0.25, 0.3) is 0 Å². The molecule has 0 amide bonds. The lowest BCUT2D eigenvalue weighted by atomic mass is 10.1. The predicted molar refractivity (Wildman–Crippen MR) is 96.6 cm³/mol. The van der Waals surface area contributed by atoms with E-state index in [0.29, 0.717) is 6.61 Å². The molecule has 1 fully saturated rings. The number of allylic oxidation sites excluding steroid dienone is 1. The molecule has 3 atom stereocenters. The van der Waals surface area contributed by atoms with Gasteiger partial charge in [-0.25, -0.2) is 0 Å². The summed E-state index contributed by atoms with van der Waals surface area (Å²) in [6, 6.07) is 7.78. The van der Waals surface area contributed by atoms with Gasteiger partial charge in [-0.3, -0.25) is 0 Å². The standard InChI is InChI=1S/C19H26O4Si/c1-13(24(3,4)5)16-10-11-17-18(22-16)12-21-19(23-17)14-6-8-15(20-2)9-7-14/h6-10,17-19H,1,11-12H2,2-5H3/t17-,18+,19+/m0/s1. The minimum absolute atomic E-state index is 0.0176. The Balaban J connectivity index is 1.67. The van der Waals surface area contributed by atoms with Crippen LogP contribution >= 0.6 is 0 Å². The Bertz CT molecular complexity index is 630. The van der Waals surface area contributed by atoms with Gasteiger partial charge in [-0.2, -0.15) is 0 Å². The lowest BCUT2D eigenvalue weighted by Crippen LogP contribution is -2.44. The molecular weight excluding hydrogens is 320 g/mol. The number of rotatable bonds is 4. The van der Waals surface area contributed by atoms with E-state index in [2.05, 4.69) is 32.3 Å². The summed E-state index contributed by atoms with van der Waals surface area (Å²) in [6.45, 7) is 11.6. The molecular formula is C19H26O4Si. The largest absolute Gasteiger partial charge is 0.497 e. The lowest BCUT2D eigenvalue weighted by molar-refractivity contribution is -0.261. The van der Waals surface area contributed by atoms with E-state index < -0.39 is 8.07 Å². The molecule has 3 rings (SSSR count). The van der Waals surface area contributed by atoms with Crippen LogP contribution in [0.5, 0.6) is 5.75 Å². The third kappa shape index (κ3) is 3.58. The normalized spacial score (nSPS) is 26.8. The first-order valence-corrected chi connectivity index (χ1v) is 11.9. The van der Waals surface area contributed by atoms with Crippen LogP contribution in [0.1, 0.15) is 18.3 Å². The maximum absolute atomic E-state index is 6.13. The Hall–Kier alpha value is -1.56. The van der Waals surface area contributed by atoms with Crippen LogP contribution in [0, 0.1) is 0 Å². The van der Waals surface area contributed by atoms with Gasteiger partial charge in [-0.1, -0.05) is 38.4 Å². The van der Waals surface area contributed by atoms with Crippen LogP contribution in [-0.4, -0.2) is 34.0 Å². The van der Waals surface area contributed by atoms with Crippen molar-refractivity contribution >= 4 is 8.07 Å². The minimum atomic E-state index is -1.46. The quantitative estimate of drug-likeness (QED) is 0.765. The predicted octanol–water partition coefficient (Wildman–Crippen LogP) is 4.22. The number of fused-ring (bicyclic) bond motifs is 1. The molecule has 1 saturated heterocycles. The van der Waals surface area contributed by atoms with Gasteiger partial charge in [0.2, 0.25) is 0 Å². The Labute approximate surface area is 145 Å². The lowest BCUT2D eigenvalue weighted by Gasteiger charge is -2.40. The van der Waals surface area contributed by atoms with Crippen molar-refractivity contribution in [1.29, 1.82) is 0 Å². The fourth-order valence-electron chi connectivity index (χ4n) is 2.83. The molecule has 4 nitrogen and oxygen atoms in total. The smallest absolute Gasteiger partial charge is 0.184 e. The number of hydrogen-bond donors (Lipinski definition) is 0. The van der Waals surface area contributed by atoms with Crippen LogP contribution in [0.4, 0.5) is 0 Å². The van der Waals surface area contributed by atoms with E-state index in [4.69, 9.17) is 18.9 Å². The molecule has 1 aromatic carbocycles. The number of benzene rings is 1. The highest BCUT2D eigenvalue weighted by molar-refractivity contribution is 6.83. The second-order valence-corrected chi connectivity index (χ2v) is 12.4. The highest BCUT2D eigenvalue weighted by Crippen LogP contribution is 2.35. The highest BCUT2D eigenvalue weighted by Gasteiger charge is 2.38. The third-order valence-corrected chi connectivity index (χ3v) is 6.59. The first kappa shape index (κ1) is 17.3. The zero-order valence-corrected chi connectivity index (χ0v) is 15.9. The molecule has 1 aromatic rings. The molecule has 0 radical (unpaired) electrons. The van der Waals surface area contributed by atoms with Crippen LogP contribution in [0.2, 0.25) is 19.6 Å². The van der Waals surface area contributed by atoms with E-state index in [1.165, 1.54) is 0 Å². The van der Waals surface area contributed by atoms with Gasteiger partial charge < -0.3 is 18.9 Å². The van der Waals surface area contributed by atoms with Crippen molar-refractivity contribution in [3.8, 4) is 5.75 Å². The average Bonchev–Trinajstić information content (AvgIpc) is 2.59. The van der Waals surface area contributed by atoms with Crippen molar-refractivity contribution in [1.82, 2.24) is 0 Å². The van der Waals surface area contributed by atoms with Gasteiger partial charge in [0.25, 0.3) is 0 Å². The summed E-state index contributed by atoms with van der Waals surface area (Å²) in [5, 5.41) is 1.15. The van der Waals surface area contributed by atoms with E-state index in [1.54, 1.807) is 7.11 Å². The summed E-state index contributed by atoms with van der Waals surface area (Å²) in [5.74, 6) is 1.76. The SMILES string of the molecule is C=C(C1=CC[C@@H]2O[C@H](c3ccc(OC)cc3)OC[C@H]2O1)[Si](C)(C)C. The zero-order chi connectivity index (χ0) is 17.3. The molecule has 2 aliphatic heterocycles. The summed E-state index contributed by atoms with van der Waals surface area (Å²) in [6.07, 6.45) is 2.56. The average molecular weight is 346 g/mol. The van der Waals surface area contributed by atoms with Crippen molar-refractivity contribution in [3.63, 3.8) is 0 Å². The molecule has 2 aliphatic rings. The van der Waals surface area contributed by atoms with Gasteiger partial charge in [0.15, 0.2) is 6.29 Å². The maximum Gasteiger partial charge on any atom is 0.184 e. The number of ether oxygens (including phenoxy) is 4. The first-order valence-electron chi connectivity index (χ1n) is 8.36. The van der Waals surface area contributed by atoms with Crippen LogP contribution < -0.4 is 4.74 Å². The molecule has 2 heterocycles. The Morgan fingerprint density at radius 2 is 1.88 bits per heavy atom. The Morgan fingerprint density at radius 3 is 2.50 bits per heavy atom. The van der Waals surface area contributed by atoms with Crippen molar-refractivity contribution in [2.45, 2.75) is 44.6 Å². The monoisotopic (exact) mass is 346 g/mol. The van der Waals surface area contributed by atoms with E-state index in [-0.39, 0.29) is 18.5 Å². The molecule has 5 heteroatoms. The van der Waals surface area contributed by atoms with Crippen LogP contribution in [-0.2, 0) is 14.2 Å². The van der Waals surface area contributed by atoms with Gasteiger partial charge in [0, 0.05) is 5.56 Å². The molecule has 0 saturated carbocycles. The maximum atomic E-state index is 6.13. The molecule has 130 valence electrons. The Morgan fingerprint density at radius 1 is 1.17 bits per heavy atom. The Kier molecular flexibility index (Phi) is 4.85. The zero-order valence-electron chi connectivity index (χ0n) is 14.9. The van der Waals surface area contributed by atoms with E-state index >= 15 is 0 Å². The van der Waals surface area contributed by atoms with Crippen molar-refractivity contribution in [2.24, 2.45) is 0 Å². The van der Waals surface area contributed by atoms with Crippen molar-refractivity contribution < 1.29 is 18.9 Å². The number of hydrogen-bond acceptors (Lipinski definition) is 4. The van der Waals surface area contributed by atoms with Gasteiger partial charge in [0.1, 0.15) is 23.7 Å². The van der Waals surface area contributed by atoms with Crippen molar-refractivity contribution in [2.75, 3.05) is 13.7 Å². The molecule has 0 bridgehead atoms. The second kappa shape index (κ2) is 6.74. The molecule has 24 heavy (non-hydrogen) atoms. The summed E-state index contributed by atoms with van der Waals surface area (Å²) >= 11 is 0. The highest BCUT2D eigenvalue weighted by atomic mass is 28.3. The molecule has 0 unspecified atom stereocenters. The summed E-state index contributed by atoms with van der Waals surface area (Å²) in [5.41, 5.74) is 0.996. The fourth-order valence-corrected chi connectivity index (χ4v) is 3.73. The second-order valence-electron chi connectivity index (χ2n) is 7.30. The number of methoxy groups -OCH3 is 1. The van der Waals surface area contributed by atoms with Gasteiger partial charge in [-0.15, -0.1) is 0 Å². The molecule has 0 spiro atoms. The molecule has 0 N–H and O–H groups in total. The summed E-state index contributed by atoms with van der Waals surface area (Å²) < 4.78 is 23.3. The van der Waals surface area contributed by atoms with E-state index in [0.717, 1.165) is 28.7 Å². The first-order chi connectivity index (χ1) is 11.4. The third-order valence-electron chi connectivity index (χ3n) is 4.53. The molecule has 0 aromatic heterocycles. The van der Waals surface area contributed by atoms with Gasteiger partial charge in [-0.05, 0) is 29.8 Å². The topological polar surface area (TPSA) is 36.9 Å². The van der Waals surface area contributed by atoms with Crippen molar-refractivity contribution in [3.05, 3.63) is 53.4 Å². The van der Waals surface area contributed by atoms with E-state index in [9.17, 15) is 0 Å². The molecule has 0 aliphatic carbocycles. The summed E-state index contributed by atoms with van der Waals surface area (Å²) in [4.78, 5) is 0.